The third kappa shape index (κ3) is 3.00. The van der Waals surface area contributed by atoms with E-state index in [-0.39, 0.29) is 24.8 Å². The van der Waals surface area contributed by atoms with Crippen LogP contribution in [0.25, 0.3) is 0 Å². The highest BCUT2D eigenvalue weighted by molar-refractivity contribution is 6.25. The Kier molecular flexibility index (Phi) is 4.59. The fraction of sp³-hybridized carbons (Fsp3) is 0.524. The predicted molar refractivity (Wildman–Crippen MR) is 108 cm³/mol. The number of rotatable bonds is 3. The molecular formula is C21H25N5O4. The van der Waals surface area contributed by atoms with Gasteiger partial charge in [0.1, 0.15) is 6.04 Å². The molecule has 1 atom stereocenters. The molecular weight excluding hydrogens is 386 g/mol. The first-order chi connectivity index (χ1) is 14.4. The number of likely N-dealkylation sites (tertiary alicyclic amines) is 1. The molecule has 1 unspecified atom stereocenters. The lowest BCUT2D eigenvalue weighted by Crippen LogP contribution is -2.61. The molecule has 0 aliphatic carbocycles. The summed E-state index contributed by atoms with van der Waals surface area (Å²) in [4.78, 5) is 55.6. The first kappa shape index (κ1) is 19.2. The average molecular weight is 411 g/mol. The van der Waals surface area contributed by atoms with Gasteiger partial charge >= 0.3 is 0 Å². The molecule has 3 saturated heterocycles. The highest BCUT2D eigenvalue weighted by Crippen LogP contribution is 2.35. The van der Waals surface area contributed by atoms with Crippen LogP contribution in [0.3, 0.4) is 0 Å². The zero-order valence-corrected chi connectivity index (χ0v) is 16.7. The second-order valence-electron chi connectivity index (χ2n) is 8.58. The van der Waals surface area contributed by atoms with Crippen LogP contribution >= 0.6 is 0 Å². The van der Waals surface area contributed by atoms with Gasteiger partial charge in [-0.05, 0) is 31.4 Å². The summed E-state index contributed by atoms with van der Waals surface area (Å²) < 4.78 is 0. The first-order valence-corrected chi connectivity index (χ1v) is 10.5. The van der Waals surface area contributed by atoms with Crippen molar-refractivity contribution in [2.45, 2.75) is 43.8 Å². The molecule has 0 aromatic heterocycles. The zero-order valence-electron chi connectivity index (χ0n) is 16.7. The molecule has 3 N–H and O–H groups in total. The van der Waals surface area contributed by atoms with E-state index in [2.05, 4.69) is 15.1 Å². The van der Waals surface area contributed by atoms with Crippen LogP contribution < -0.4 is 16.0 Å². The molecule has 9 nitrogen and oxygen atoms in total. The molecule has 1 aromatic rings. The van der Waals surface area contributed by atoms with E-state index in [0.29, 0.717) is 17.2 Å². The van der Waals surface area contributed by atoms with E-state index in [4.69, 9.17) is 5.73 Å². The minimum Gasteiger partial charge on any atom is -0.371 e. The normalized spacial score (nSPS) is 26.1. The van der Waals surface area contributed by atoms with Crippen LogP contribution in [0.4, 0.5) is 5.69 Å². The van der Waals surface area contributed by atoms with Gasteiger partial charge in [-0.1, -0.05) is 6.07 Å². The van der Waals surface area contributed by atoms with Gasteiger partial charge in [0.25, 0.3) is 11.8 Å². The van der Waals surface area contributed by atoms with Gasteiger partial charge in [0.2, 0.25) is 11.8 Å². The smallest absolute Gasteiger partial charge is 0.264 e. The summed E-state index contributed by atoms with van der Waals surface area (Å²) in [5, 5.41) is 2.23. The summed E-state index contributed by atoms with van der Waals surface area (Å²) in [5.41, 5.74) is 7.36. The van der Waals surface area contributed by atoms with Crippen LogP contribution in [0.5, 0.6) is 0 Å². The Bertz CT molecular complexity index is 933. The third-order valence-corrected chi connectivity index (χ3v) is 6.71. The number of carbonyl (C=O) groups excluding carboxylic acids is 4. The van der Waals surface area contributed by atoms with Crippen molar-refractivity contribution in [3.05, 3.63) is 29.3 Å². The lowest BCUT2D eigenvalue weighted by atomic mass is 9.96. The van der Waals surface area contributed by atoms with Gasteiger partial charge in [-0.2, -0.15) is 0 Å². The van der Waals surface area contributed by atoms with Crippen LogP contribution in [-0.4, -0.2) is 77.7 Å². The number of imide groups is 2. The number of hydrogen-bond donors (Lipinski definition) is 2. The van der Waals surface area contributed by atoms with Crippen LogP contribution in [0.2, 0.25) is 0 Å². The standard InChI is InChI=1S/C21H25N5O4/c22-12-10-25(11-12)13-6-8-24(9-7-13)15-3-1-2-14-18(15)21(30)26(20(14)29)16-4-5-17(27)23-19(16)28/h1-3,12-13,16H,4-11,22H2,(H,23,27,28). The van der Waals surface area contributed by atoms with Crippen LogP contribution in [0.1, 0.15) is 46.4 Å². The monoisotopic (exact) mass is 411 g/mol. The van der Waals surface area contributed by atoms with Crippen LogP contribution in [0, 0.1) is 0 Å². The SMILES string of the molecule is NC1CN(C2CCN(c3cccc4c3C(=O)N(C3CCC(=O)NC3=O)C4=O)CC2)C1. The van der Waals surface area contributed by atoms with Gasteiger partial charge in [-0.25, -0.2) is 0 Å². The number of benzene rings is 1. The Balaban J connectivity index is 1.36. The molecule has 0 radical (unpaired) electrons. The van der Waals surface area contributed by atoms with Gasteiger partial charge < -0.3 is 10.6 Å². The van der Waals surface area contributed by atoms with Crippen LogP contribution in [-0.2, 0) is 9.59 Å². The number of hydrogen-bond acceptors (Lipinski definition) is 7. The molecule has 1 aromatic carbocycles. The lowest BCUT2D eigenvalue weighted by Gasteiger charge is -2.46. The molecule has 158 valence electrons. The molecule has 0 saturated carbocycles. The van der Waals surface area contributed by atoms with E-state index < -0.39 is 23.8 Å². The third-order valence-electron chi connectivity index (χ3n) is 6.71. The Hall–Kier alpha value is -2.78. The maximum absolute atomic E-state index is 13.3. The van der Waals surface area contributed by atoms with Gasteiger partial charge in [0.15, 0.2) is 0 Å². The van der Waals surface area contributed by atoms with E-state index in [1.807, 2.05) is 6.07 Å². The second kappa shape index (κ2) is 7.17. The number of fused-ring (bicyclic) bond motifs is 1. The molecule has 4 aliphatic heterocycles. The summed E-state index contributed by atoms with van der Waals surface area (Å²) in [5.74, 6) is -1.87. The topological polar surface area (TPSA) is 116 Å². The fourth-order valence-corrected chi connectivity index (χ4v) is 5.08. The lowest BCUT2D eigenvalue weighted by molar-refractivity contribution is -0.136. The summed E-state index contributed by atoms with van der Waals surface area (Å²) in [6.07, 6.45) is 2.24. The Labute approximate surface area is 174 Å². The Morgan fingerprint density at radius 3 is 2.37 bits per heavy atom. The number of anilines is 1. The van der Waals surface area contributed by atoms with Crippen molar-refractivity contribution in [1.29, 1.82) is 0 Å². The van der Waals surface area contributed by atoms with Crippen molar-refractivity contribution in [3.8, 4) is 0 Å². The number of nitrogens with two attached hydrogens (primary N) is 1. The molecule has 4 heterocycles. The quantitative estimate of drug-likeness (QED) is 0.656. The largest absolute Gasteiger partial charge is 0.371 e. The van der Waals surface area contributed by atoms with E-state index in [9.17, 15) is 19.2 Å². The van der Waals surface area contributed by atoms with Crippen molar-refractivity contribution in [2.75, 3.05) is 31.1 Å². The highest BCUT2D eigenvalue weighted by Gasteiger charge is 2.46. The van der Waals surface area contributed by atoms with Crippen molar-refractivity contribution in [2.24, 2.45) is 5.73 Å². The molecule has 4 aliphatic rings. The summed E-state index contributed by atoms with van der Waals surface area (Å²) in [6.45, 7) is 3.48. The van der Waals surface area contributed by atoms with Gasteiger partial charge in [-0.3, -0.25) is 34.3 Å². The predicted octanol–water partition coefficient (Wildman–Crippen LogP) is -0.300. The molecule has 3 fully saturated rings. The maximum atomic E-state index is 13.3. The highest BCUT2D eigenvalue weighted by atomic mass is 16.2. The molecule has 5 rings (SSSR count). The van der Waals surface area contributed by atoms with Gasteiger partial charge in [0, 0.05) is 44.7 Å². The van der Waals surface area contributed by atoms with Gasteiger partial charge in [-0.15, -0.1) is 0 Å². The van der Waals surface area contributed by atoms with Gasteiger partial charge in [0.05, 0.1) is 16.8 Å². The zero-order chi connectivity index (χ0) is 21.0. The van der Waals surface area contributed by atoms with Crippen molar-refractivity contribution >= 4 is 29.3 Å². The molecule has 9 heteroatoms. The van der Waals surface area contributed by atoms with E-state index in [1.54, 1.807) is 12.1 Å². The Morgan fingerprint density at radius 2 is 1.70 bits per heavy atom. The number of amides is 4. The summed E-state index contributed by atoms with van der Waals surface area (Å²) in [6, 6.07) is 5.15. The minimum absolute atomic E-state index is 0.115. The van der Waals surface area contributed by atoms with Crippen molar-refractivity contribution < 1.29 is 19.2 Å². The van der Waals surface area contributed by atoms with Crippen molar-refractivity contribution in [3.63, 3.8) is 0 Å². The van der Waals surface area contributed by atoms with Crippen LogP contribution in [0.15, 0.2) is 18.2 Å². The van der Waals surface area contributed by atoms with Crippen molar-refractivity contribution in [1.82, 2.24) is 15.1 Å². The summed E-state index contributed by atoms with van der Waals surface area (Å²) in [7, 11) is 0. The minimum atomic E-state index is -0.940. The number of carbonyl (C=O) groups is 4. The first-order valence-electron chi connectivity index (χ1n) is 10.5. The molecule has 0 spiro atoms. The van der Waals surface area contributed by atoms with E-state index in [0.717, 1.165) is 49.6 Å². The number of nitrogens with one attached hydrogen (secondary N) is 1. The van der Waals surface area contributed by atoms with E-state index >= 15 is 0 Å². The second-order valence-corrected chi connectivity index (χ2v) is 8.58. The molecule has 30 heavy (non-hydrogen) atoms. The average Bonchev–Trinajstić information content (AvgIpc) is 2.97. The van der Waals surface area contributed by atoms with E-state index in [1.165, 1.54) is 0 Å². The number of nitrogens with zero attached hydrogens (tertiary/aromatic N) is 3. The fourth-order valence-electron chi connectivity index (χ4n) is 5.08. The number of piperidine rings is 2. The molecule has 0 bridgehead atoms. The Morgan fingerprint density at radius 1 is 0.967 bits per heavy atom. The maximum Gasteiger partial charge on any atom is 0.264 e. The molecule has 4 amide bonds. The summed E-state index contributed by atoms with van der Waals surface area (Å²) >= 11 is 0.